The summed E-state index contributed by atoms with van der Waals surface area (Å²) in [5.41, 5.74) is 8.58. The van der Waals surface area contributed by atoms with E-state index in [2.05, 4.69) is 74.7 Å². The standard InChI is InChI=1S/C22H24N/c1-14(2)9-18-12-17-7-5-6-8-19(17)22-20-11-15(3)10-16(4)21(20)13-23(18)22/h5-8,10-12,14H,9,13H2,1-4H3/q+1. The van der Waals surface area contributed by atoms with E-state index in [0.717, 1.165) is 13.0 Å². The van der Waals surface area contributed by atoms with Crippen molar-refractivity contribution in [3.05, 3.63) is 64.8 Å². The monoisotopic (exact) mass is 302 g/mol. The van der Waals surface area contributed by atoms with Crippen molar-refractivity contribution in [2.24, 2.45) is 5.92 Å². The first-order valence-corrected chi connectivity index (χ1v) is 8.59. The normalized spacial score (nSPS) is 12.7. The largest absolute Gasteiger partial charge is 0.221 e. The van der Waals surface area contributed by atoms with Gasteiger partial charge in [-0.25, -0.2) is 0 Å². The Balaban J connectivity index is 2.08. The van der Waals surface area contributed by atoms with Gasteiger partial charge in [0.15, 0.2) is 12.2 Å². The number of hydrogen-bond acceptors (Lipinski definition) is 0. The Bertz CT molecular complexity index is 919. The highest BCUT2D eigenvalue weighted by Crippen LogP contribution is 2.36. The zero-order valence-electron chi connectivity index (χ0n) is 14.5. The summed E-state index contributed by atoms with van der Waals surface area (Å²) in [7, 11) is 0. The van der Waals surface area contributed by atoms with Gasteiger partial charge in [-0.2, -0.15) is 4.57 Å². The lowest BCUT2D eigenvalue weighted by atomic mass is 9.96. The predicted molar refractivity (Wildman–Crippen MR) is 96.7 cm³/mol. The van der Waals surface area contributed by atoms with E-state index in [9.17, 15) is 0 Å². The molecule has 0 saturated carbocycles. The maximum absolute atomic E-state index is 2.55. The Labute approximate surface area is 138 Å². The highest BCUT2D eigenvalue weighted by molar-refractivity contribution is 5.94. The summed E-state index contributed by atoms with van der Waals surface area (Å²) in [5.74, 6) is 0.666. The lowest BCUT2D eigenvalue weighted by Gasteiger charge is -2.08. The number of fused-ring (bicyclic) bond motifs is 5. The van der Waals surface area contributed by atoms with E-state index in [0.29, 0.717) is 5.92 Å². The number of benzene rings is 2. The van der Waals surface area contributed by atoms with Crippen LogP contribution >= 0.6 is 0 Å². The molecule has 1 aliphatic heterocycles. The zero-order chi connectivity index (χ0) is 16.1. The second-order valence-electron chi connectivity index (χ2n) is 7.36. The van der Waals surface area contributed by atoms with Crippen molar-refractivity contribution in [3.8, 4) is 11.3 Å². The molecule has 0 bridgehead atoms. The van der Waals surface area contributed by atoms with E-state index in [-0.39, 0.29) is 0 Å². The molecule has 116 valence electrons. The number of rotatable bonds is 2. The minimum absolute atomic E-state index is 0.666. The molecule has 0 spiro atoms. The molecule has 0 atom stereocenters. The summed E-state index contributed by atoms with van der Waals surface area (Å²) in [5, 5.41) is 2.74. The van der Waals surface area contributed by atoms with Gasteiger partial charge in [-0.1, -0.05) is 38.1 Å². The molecule has 1 nitrogen and oxygen atoms in total. The first-order valence-electron chi connectivity index (χ1n) is 8.59. The molecule has 23 heavy (non-hydrogen) atoms. The lowest BCUT2D eigenvalue weighted by Crippen LogP contribution is -2.38. The molecular formula is C22H24N+. The van der Waals surface area contributed by atoms with Crippen LogP contribution in [0.2, 0.25) is 0 Å². The van der Waals surface area contributed by atoms with Gasteiger partial charge in [-0.3, -0.25) is 0 Å². The van der Waals surface area contributed by atoms with Crippen molar-refractivity contribution >= 4 is 10.8 Å². The molecule has 0 fully saturated rings. The van der Waals surface area contributed by atoms with Crippen LogP contribution in [-0.2, 0) is 13.0 Å². The molecule has 1 aromatic heterocycles. The molecule has 0 radical (unpaired) electrons. The van der Waals surface area contributed by atoms with Crippen LogP contribution in [0.3, 0.4) is 0 Å². The number of pyridine rings is 1. The van der Waals surface area contributed by atoms with Crippen molar-refractivity contribution in [1.82, 2.24) is 0 Å². The Morgan fingerprint density at radius 3 is 2.61 bits per heavy atom. The Kier molecular flexibility index (Phi) is 3.26. The third-order valence-corrected chi connectivity index (χ3v) is 4.96. The van der Waals surface area contributed by atoms with Crippen molar-refractivity contribution in [3.63, 3.8) is 0 Å². The topological polar surface area (TPSA) is 3.88 Å². The van der Waals surface area contributed by atoms with Crippen LogP contribution in [-0.4, -0.2) is 0 Å². The fourth-order valence-electron chi connectivity index (χ4n) is 4.02. The van der Waals surface area contributed by atoms with Gasteiger partial charge in [0.1, 0.15) is 0 Å². The van der Waals surface area contributed by atoms with E-state index >= 15 is 0 Å². The second-order valence-corrected chi connectivity index (χ2v) is 7.36. The van der Waals surface area contributed by atoms with Gasteiger partial charge < -0.3 is 0 Å². The molecule has 1 heteroatoms. The van der Waals surface area contributed by atoms with Gasteiger partial charge in [0.25, 0.3) is 0 Å². The second kappa shape index (κ2) is 5.19. The van der Waals surface area contributed by atoms with E-state index in [1.807, 2.05) is 0 Å². The molecule has 1 aliphatic rings. The van der Waals surface area contributed by atoms with Crippen LogP contribution in [0.25, 0.3) is 22.0 Å². The Morgan fingerprint density at radius 1 is 1.04 bits per heavy atom. The molecule has 2 aromatic carbocycles. The maximum Gasteiger partial charge on any atom is 0.221 e. The minimum Gasteiger partial charge on any atom is -0.191 e. The van der Waals surface area contributed by atoms with Crippen LogP contribution in [0.1, 0.15) is 36.2 Å². The molecule has 0 saturated heterocycles. The van der Waals surface area contributed by atoms with E-state index in [1.165, 1.54) is 44.4 Å². The van der Waals surface area contributed by atoms with Gasteiger partial charge in [0.2, 0.25) is 5.69 Å². The van der Waals surface area contributed by atoms with Crippen LogP contribution in [0.4, 0.5) is 0 Å². The van der Waals surface area contributed by atoms with Crippen LogP contribution < -0.4 is 4.57 Å². The van der Waals surface area contributed by atoms with Crippen molar-refractivity contribution in [2.45, 2.75) is 40.7 Å². The Hall–Kier alpha value is -2.15. The van der Waals surface area contributed by atoms with E-state index in [1.54, 1.807) is 0 Å². The van der Waals surface area contributed by atoms with Crippen molar-refractivity contribution in [2.75, 3.05) is 0 Å². The fourth-order valence-corrected chi connectivity index (χ4v) is 4.02. The summed E-state index contributed by atoms with van der Waals surface area (Å²) in [6.07, 6.45) is 1.13. The van der Waals surface area contributed by atoms with Gasteiger partial charge in [-0.15, -0.1) is 0 Å². The number of aromatic nitrogens is 1. The molecule has 0 amide bonds. The number of hydrogen-bond donors (Lipinski definition) is 0. The fraction of sp³-hybridized carbons (Fsp3) is 0.318. The summed E-state index contributed by atoms with van der Waals surface area (Å²) >= 11 is 0. The summed E-state index contributed by atoms with van der Waals surface area (Å²) in [6.45, 7) is 10.1. The van der Waals surface area contributed by atoms with Gasteiger partial charge in [0.05, 0.1) is 10.9 Å². The average Bonchev–Trinajstić information content (AvgIpc) is 2.87. The third kappa shape index (κ3) is 2.26. The Morgan fingerprint density at radius 2 is 1.83 bits per heavy atom. The first-order chi connectivity index (χ1) is 11.0. The lowest BCUT2D eigenvalue weighted by molar-refractivity contribution is -0.678. The number of nitrogens with zero attached hydrogens (tertiary/aromatic N) is 1. The minimum atomic E-state index is 0.666. The summed E-state index contributed by atoms with van der Waals surface area (Å²) < 4.78 is 2.55. The van der Waals surface area contributed by atoms with Crippen LogP contribution in [0.15, 0.2) is 42.5 Å². The van der Waals surface area contributed by atoms with Gasteiger partial charge in [-0.05, 0) is 48.4 Å². The van der Waals surface area contributed by atoms with Gasteiger partial charge >= 0.3 is 0 Å². The van der Waals surface area contributed by atoms with Gasteiger partial charge in [0, 0.05) is 18.1 Å². The average molecular weight is 302 g/mol. The molecule has 0 unspecified atom stereocenters. The van der Waals surface area contributed by atoms with Crippen molar-refractivity contribution < 1.29 is 4.57 Å². The number of aryl methyl sites for hydroxylation is 2. The highest BCUT2D eigenvalue weighted by atomic mass is 15.0. The molecular weight excluding hydrogens is 278 g/mol. The molecule has 4 rings (SSSR count). The smallest absolute Gasteiger partial charge is 0.191 e. The van der Waals surface area contributed by atoms with Crippen molar-refractivity contribution in [1.29, 1.82) is 0 Å². The van der Waals surface area contributed by atoms with E-state index in [4.69, 9.17) is 0 Å². The molecule has 2 heterocycles. The van der Waals surface area contributed by atoms with Crippen LogP contribution in [0.5, 0.6) is 0 Å². The molecule has 0 N–H and O–H groups in total. The highest BCUT2D eigenvalue weighted by Gasteiger charge is 2.32. The summed E-state index contributed by atoms with van der Waals surface area (Å²) in [4.78, 5) is 0. The van der Waals surface area contributed by atoms with Crippen LogP contribution in [0, 0.1) is 19.8 Å². The quantitative estimate of drug-likeness (QED) is 0.460. The zero-order valence-corrected chi connectivity index (χ0v) is 14.5. The predicted octanol–water partition coefficient (Wildman–Crippen LogP) is 4.97. The summed E-state index contributed by atoms with van der Waals surface area (Å²) in [6, 6.07) is 15.9. The van der Waals surface area contributed by atoms with E-state index < -0.39 is 0 Å². The molecule has 0 aliphatic carbocycles. The first kappa shape index (κ1) is 14.4. The molecule has 3 aromatic rings. The maximum atomic E-state index is 2.55. The SMILES string of the molecule is Cc1cc(C)c2c(c1)-c1c3ccccc3cc(CC(C)C)[n+]1C2. The third-order valence-electron chi connectivity index (χ3n) is 4.96.